The second-order valence-corrected chi connectivity index (χ2v) is 18.8. The van der Waals surface area contributed by atoms with Crippen LogP contribution < -0.4 is 14.8 Å². The van der Waals surface area contributed by atoms with Crippen molar-refractivity contribution in [2.24, 2.45) is 17.8 Å². The van der Waals surface area contributed by atoms with Gasteiger partial charge >= 0.3 is 0 Å². The molecule has 0 spiro atoms. The van der Waals surface area contributed by atoms with E-state index < -0.39 is 5.79 Å². The highest BCUT2D eigenvalue weighted by atomic mass is 16.8. The number of benzene rings is 2. The van der Waals surface area contributed by atoms with Crippen molar-refractivity contribution in [3.63, 3.8) is 0 Å². The first-order valence-electron chi connectivity index (χ1n) is 21.3. The first-order valence-corrected chi connectivity index (χ1v) is 21.3. The number of H-pyrrole nitrogens is 1. The number of fused-ring (bicyclic) bond motifs is 3. The van der Waals surface area contributed by atoms with Gasteiger partial charge in [-0.25, -0.2) is 15.0 Å². The molecule has 3 saturated carbocycles. The van der Waals surface area contributed by atoms with Gasteiger partial charge in [0.05, 0.1) is 42.8 Å². The predicted octanol–water partition coefficient (Wildman–Crippen LogP) is 8.83. The average molecular weight is 776 g/mol. The quantitative estimate of drug-likeness (QED) is 0.114. The molecule has 304 valence electrons. The minimum Gasteiger partial charge on any atom is -0.497 e. The lowest BCUT2D eigenvalue weighted by molar-refractivity contribution is -0.161. The van der Waals surface area contributed by atoms with Gasteiger partial charge in [-0.2, -0.15) is 0 Å². The molecule has 2 aromatic carbocycles. The average Bonchev–Trinajstić information content (AvgIpc) is 3.92. The molecule has 4 unspecified atom stereocenters. The number of ether oxygens (including phenoxy) is 4. The van der Waals surface area contributed by atoms with E-state index in [0.717, 1.165) is 82.0 Å². The summed E-state index contributed by atoms with van der Waals surface area (Å²) >= 11 is 0. The molecule has 4 aliphatic rings. The first kappa shape index (κ1) is 38.3. The number of hydrogen-bond donors (Lipinski definition) is 2. The van der Waals surface area contributed by atoms with Crippen LogP contribution in [-0.4, -0.2) is 80.7 Å². The summed E-state index contributed by atoms with van der Waals surface area (Å²) in [5.41, 5.74) is 5.65. The Morgan fingerprint density at radius 2 is 1.77 bits per heavy atom. The van der Waals surface area contributed by atoms with Crippen LogP contribution >= 0.6 is 0 Å². The molecule has 1 saturated heterocycles. The van der Waals surface area contributed by atoms with Crippen molar-refractivity contribution in [1.29, 1.82) is 0 Å². The summed E-state index contributed by atoms with van der Waals surface area (Å²) in [6.07, 6.45) is 13.6. The third-order valence-corrected chi connectivity index (χ3v) is 13.5. The number of imidazole rings is 1. The molecule has 3 aliphatic carbocycles. The first-order chi connectivity index (χ1) is 27.4. The second-order valence-electron chi connectivity index (χ2n) is 18.8. The summed E-state index contributed by atoms with van der Waals surface area (Å²) in [6.45, 7) is 13.7. The number of aromatic amines is 1. The number of anilines is 1. The molecule has 57 heavy (non-hydrogen) atoms. The topological polar surface area (TPSA) is 112 Å². The maximum absolute atomic E-state index is 6.77. The van der Waals surface area contributed by atoms with Gasteiger partial charge < -0.3 is 33.8 Å². The SMILES string of the molecule is COc1ccc(CNc2ncnc3c2ccn3C2CC(CN(CC3CCC3)C3CC(CCc4nc5ccc(C(C)(C)C)cc5[nH]4)C3)C3OC(C)(C)OC32)c(OC)c1. The van der Waals surface area contributed by atoms with Crippen LogP contribution in [0.3, 0.4) is 0 Å². The highest BCUT2D eigenvalue weighted by Gasteiger charge is 2.55. The molecular weight excluding hydrogens is 715 g/mol. The Morgan fingerprint density at radius 1 is 0.947 bits per heavy atom. The molecule has 0 radical (unpaired) electrons. The van der Waals surface area contributed by atoms with Gasteiger partial charge in [0.2, 0.25) is 0 Å². The fourth-order valence-corrected chi connectivity index (χ4v) is 9.97. The lowest BCUT2D eigenvalue weighted by Crippen LogP contribution is -2.50. The van der Waals surface area contributed by atoms with Crippen LogP contribution in [0.5, 0.6) is 11.5 Å². The lowest BCUT2D eigenvalue weighted by Gasteiger charge is -2.46. The Labute approximate surface area is 337 Å². The van der Waals surface area contributed by atoms with Crippen LogP contribution in [0.2, 0.25) is 0 Å². The van der Waals surface area contributed by atoms with Crippen LogP contribution in [-0.2, 0) is 27.9 Å². The maximum atomic E-state index is 6.77. The van der Waals surface area contributed by atoms with Gasteiger partial charge in [0.25, 0.3) is 0 Å². The molecule has 2 N–H and O–H groups in total. The molecule has 0 bridgehead atoms. The fourth-order valence-electron chi connectivity index (χ4n) is 9.97. The summed E-state index contributed by atoms with van der Waals surface area (Å²) in [5, 5.41) is 4.54. The third kappa shape index (κ3) is 7.75. The highest BCUT2D eigenvalue weighted by molar-refractivity contribution is 5.87. The summed E-state index contributed by atoms with van der Waals surface area (Å²) < 4.78 is 26.9. The van der Waals surface area contributed by atoms with Crippen molar-refractivity contribution in [3.05, 3.63) is 71.9 Å². The molecule has 4 atom stereocenters. The monoisotopic (exact) mass is 775 g/mol. The number of rotatable bonds is 14. The standard InChI is InChI=1S/C46H61N7O4/c1-45(2,3)32-13-15-36-37(22-32)51-40(50-36)16-11-29-19-33(20-29)52(25-28-9-8-10-28)26-31-21-38(42-41(31)56-46(4,5)57-42)53-18-17-35-43(48-27-49-44(35)53)47-24-30-12-14-34(54-6)23-39(30)55-7/h12-15,17-18,22-23,27-29,31,33,38,41-42H,8-11,16,19-21,24-26H2,1-7H3,(H,50,51)(H,47,48,49). The van der Waals surface area contributed by atoms with Crippen LogP contribution in [0.4, 0.5) is 5.82 Å². The molecule has 4 fully saturated rings. The Kier molecular flexibility index (Phi) is 10.2. The third-order valence-electron chi connectivity index (χ3n) is 13.5. The van der Waals surface area contributed by atoms with E-state index in [0.29, 0.717) is 18.5 Å². The van der Waals surface area contributed by atoms with Crippen molar-refractivity contribution in [2.75, 3.05) is 32.6 Å². The van der Waals surface area contributed by atoms with E-state index >= 15 is 0 Å². The van der Waals surface area contributed by atoms with Crippen LogP contribution in [0.15, 0.2) is 55.0 Å². The Bertz CT molecular complexity index is 2200. The number of aryl methyl sites for hydroxylation is 1. The van der Waals surface area contributed by atoms with E-state index in [1.54, 1.807) is 20.5 Å². The van der Waals surface area contributed by atoms with Crippen LogP contribution in [0, 0.1) is 17.8 Å². The second kappa shape index (κ2) is 15.2. The molecule has 5 aromatic rings. The fraction of sp³-hybridized carbons (Fsp3) is 0.587. The summed E-state index contributed by atoms with van der Waals surface area (Å²) in [5.74, 6) is 4.76. The maximum Gasteiger partial charge on any atom is 0.163 e. The van der Waals surface area contributed by atoms with Gasteiger partial charge in [-0.3, -0.25) is 4.90 Å². The molecule has 9 rings (SSSR count). The van der Waals surface area contributed by atoms with E-state index in [2.05, 4.69) is 89.8 Å². The van der Waals surface area contributed by atoms with Crippen LogP contribution in [0.1, 0.15) is 103 Å². The zero-order valence-corrected chi connectivity index (χ0v) is 34.9. The lowest BCUT2D eigenvalue weighted by atomic mass is 9.75. The number of methoxy groups -OCH3 is 2. The van der Waals surface area contributed by atoms with Gasteiger partial charge in [0, 0.05) is 55.8 Å². The molecule has 11 nitrogen and oxygen atoms in total. The van der Waals surface area contributed by atoms with E-state index in [-0.39, 0.29) is 23.7 Å². The summed E-state index contributed by atoms with van der Waals surface area (Å²) in [7, 11) is 3.35. The Balaban J connectivity index is 0.879. The zero-order chi connectivity index (χ0) is 39.5. The number of aromatic nitrogens is 5. The number of nitrogens with one attached hydrogen (secondary N) is 2. The van der Waals surface area contributed by atoms with E-state index in [1.807, 2.05) is 18.2 Å². The van der Waals surface area contributed by atoms with E-state index in [1.165, 1.54) is 50.6 Å². The number of hydrogen-bond acceptors (Lipinski definition) is 9. The Morgan fingerprint density at radius 3 is 2.53 bits per heavy atom. The molecule has 1 aliphatic heterocycles. The molecule has 3 aromatic heterocycles. The molecular formula is C46H61N7O4. The largest absolute Gasteiger partial charge is 0.497 e. The minimum absolute atomic E-state index is 0.0380. The number of nitrogens with zero attached hydrogens (tertiary/aromatic N) is 5. The van der Waals surface area contributed by atoms with Crippen molar-refractivity contribution >= 4 is 27.9 Å². The van der Waals surface area contributed by atoms with Gasteiger partial charge in [0.1, 0.15) is 41.2 Å². The van der Waals surface area contributed by atoms with Gasteiger partial charge in [-0.15, -0.1) is 0 Å². The minimum atomic E-state index is -0.625. The summed E-state index contributed by atoms with van der Waals surface area (Å²) in [6, 6.07) is 15.5. The van der Waals surface area contributed by atoms with Gasteiger partial charge in [-0.1, -0.05) is 33.3 Å². The molecule has 0 amide bonds. The zero-order valence-electron chi connectivity index (χ0n) is 34.9. The van der Waals surface area contributed by atoms with Gasteiger partial charge in [0.15, 0.2) is 5.79 Å². The smallest absolute Gasteiger partial charge is 0.163 e. The van der Waals surface area contributed by atoms with Crippen molar-refractivity contribution < 1.29 is 18.9 Å². The van der Waals surface area contributed by atoms with Crippen molar-refractivity contribution in [2.45, 2.75) is 128 Å². The predicted molar refractivity (Wildman–Crippen MR) is 224 cm³/mol. The van der Waals surface area contributed by atoms with Crippen LogP contribution in [0.25, 0.3) is 22.1 Å². The van der Waals surface area contributed by atoms with Crippen molar-refractivity contribution in [1.82, 2.24) is 29.4 Å². The summed E-state index contributed by atoms with van der Waals surface area (Å²) in [4.78, 5) is 21.0. The van der Waals surface area contributed by atoms with E-state index in [4.69, 9.17) is 28.9 Å². The van der Waals surface area contributed by atoms with Crippen molar-refractivity contribution in [3.8, 4) is 11.5 Å². The highest BCUT2D eigenvalue weighted by Crippen LogP contribution is 2.49. The van der Waals surface area contributed by atoms with E-state index in [9.17, 15) is 0 Å². The van der Waals surface area contributed by atoms with Gasteiger partial charge in [-0.05, 0) is 106 Å². The molecule has 11 heteroatoms. The molecule has 4 heterocycles. The normalized spacial score (nSPS) is 25.8. The Hall–Kier alpha value is -4.19.